The van der Waals surface area contributed by atoms with Crippen LogP contribution in [0.3, 0.4) is 0 Å². The summed E-state index contributed by atoms with van der Waals surface area (Å²) in [6.45, 7) is 6.67. The highest BCUT2D eigenvalue weighted by Crippen LogP contribution is 2.11. The van der Waals surface area contributed by atoms with Crippen LogP contribution in [0.25, 0.3) is 5.65 Å². The molecule has 0 aromatic carbocycles. The molecule has 0 bridgehead atoms. The molecule has 0 aliphatic carbocycles. The Kier molecular flexibility index (Phi) is 10.5. The van der Waals surface area contributed by atoms with Crippen molar-refractivity contribution >= 4 is 35.6 Å². The third-order valence-corrected chi connectivity index (χ3v) is 4.41. The first-order valence-electron chi connectivity index (χ1n) is 9.87. The maximum Gasteiger partial charge on any atom is 0.191 e. The lowest BCUT2D eigenvalue weighted by molar-refractivity contribution is 0.0171. The number of halogens is 1. The van der Waals surface area contributed by atoms with Crippen molar-refractivity contribution in [1.29, 1.82) is 0 Å². The van der Waals surface area contributed by atoms with E-state index in [1.54, 1.807) is 0 Å². The van der Waals surface area contributed by atoms with E-state index in [1.165, 1.54) is 0 Å². The lowest BCUT2D eigenvalue weighted by atomic mass is 10.2. The smallest absolute Gasteiger partial charge is 0.191 e. The molecular formula is C19H31IN6O2. The maximum atomic E-state index is 5.68. The molecule has 8 nitrogen and oxygen atoms in total. The molecule has 1 atom stereocenters. The molecule has 0 saturated carbocycles. The lowest BCUT2D eigenvalue weighted by Gasteiger charge is -2.11. The van der Waals surface area contributed by atoms with E-state index in [4.69, 9.17) is 9.47 Å². The number of guanidine groups is 1. The summed E-state index contributed by atoms with van der Waals surface area (Å²) in [5, 5.41) is 15.1. The van der Waals surface area contributed by atoms with Crippen LogP contribution in [0.5, 0.6) is 0 Å². The molecule has 2 N–H and O–H groups in total. The molecular weight excluding hydrogens is 471 g/mol. The predicted octanol–water partition coefficient (Wildman–Crippen LogP) is 2.03. The second-order valence-electron chi connectivity index (χ2n) is 6.55. The van der Waals surface area contributed by atoms with Gasteiger partial charge in [-0.1, -0.05) is 6.07 Å². The molecule has 1 aliphatic heterocycles. The van der Waals surface area contributed by atoms with Gasteiger partial charge in [0, 0.05) is 45.5 Å². The van der Waals surface area contributed by atoms with Crippen molar-refractivity contribution < 1.29 is 9.47 Å². The number of aliphatic imine (C=N–C) groups is 1. The summed E-state index contributed by atoms with van der Waals surface area (Å²) in [4.78, 5) is 4.60. The van der Waals surface area contributed by atoms with E-state index in [-0.39, 0.29) is 24.0 Å². The highest BCUT2D eigenvalue weighted by molar-refractivity contribution is 14.0. The molecule has 28 heavy (non-hydrogen) atoms. The van der Waals surface area contributed by atoms with Gasteiger partial charge in [0.2, 0.25) is 0 Å². The molecule has 3 heterocycles. The number of ether oxygens (including phenoxy) is 2. The summed E-state index contributed by atoms with van der Waals surface area (Å²) >= 11 is 0. The number of pyridine rings is 1. The highest BCUT2D eigenvalue weighted by Gasteiger charge is 2.14. The Morgan fingerprint density at radius 3 is 3.11 bits per heavy atom. The predicted molar refractivity (Wildman–Crippen MR) is 120 cm³/mol. The third kappa shape index (κ3) is 7.17. The van der Waals surface area contributed by atoms with Crippen LogP contribution in [-0.4, -0.2) is 66.1 Å². The second-order valence-corrected chi connectivity index (χ2v) is 6.55. The van der Waals surface area contributed by atoms with Gasteiger partial charge in [-0.15, -0.1) is 34.2 Å². The molecule has 1 fully saturated rings. The quantitative estimate of drug-likeness (QED) is 0.224. The Hall–Kier alpha value is -1.46. The molecule has 1 saturated heterocycles. The summed E-state index contributed by atoms with van der Waals surface area (Å²) in [7, 11) is 0. The fourth-order valence-corrected chi connectivity index (χ4v) is 3.04. The Labute approximate surface area is 183 Å². The number of hydrogen-bond donors (Lipinski definition) is 2. The van der Waals surface area contributed by atoms with Crippen molar-refractivity contribution in [3.63, 3.8) is 0 Å². The molecule has 156 valence electrons. The minimum absolute atomic E-state index is 0. The average molecular weight is 502 g/mol. The summed E-state index contributed by atoms with van der Waals surface area (Å²) in [5.41, 5.74) is 0.871. The van der Waals surface area contributed by atoms with Gasteiger partial charge in [0.25, 0.3) is 0 Å². The van der Waals surface area contributed by atoms with Crippen LogP contribution in [0.2, 0.25) is 0 Å². The number of aromatic nitrogens is 3. The van der Waals surface area contributed by atoms with Gasteiger partial charge in [0.15, 0.2) is 11.6 Å². The van der Waals surface area contributed by atoms with Crippen LogP contribution in [-0.2, 0) is 15.9 Å². The Bertz CT molecular complexity index is 717. The standard InChI is InChI=1S/C19H30N6O2.HI/c1-2-20-19(21-10-6-13-26-15-16-7-5-14-27-16)22-11-9-18-24-23-17-8-3-4-12-25(17)18;/h3-4,8,12,16H,2,5-7,9-11,13-15H2,1H3,(H2,20,21,22);1H. The van der Waals surface area contributed by atoms with E-state index >= 15 is 0 Å². The minimum atomic E-state index is 0. The zero-order valence-electron chi connectivity index (χ0n) is 16.5. The van der Waals surface area contributed by atoms with Crippen LogP contribution in [0, 0.1) is 0 Å². The van der Waals surface area contributed by atoms with Gasteiger partial charge in [0.1, 0.15) is 5.82 Å². The van der Waals surface area contributed by atoms with Crippen molar-refractivity contribution in [2.45, 2.75) is 38.7 Å². The first kappa shape index (κ1) is 22.8. The SMILES string of the molecule is CCNC(=NCCCOCC1CCCO1)NCCc1nnc2ccccn12.I. The van der Waals surface area contributed by atoms with Crippen molar-refractivity contribution in [2.75, 3.05) is 39.5 Å². The van der Waals surface area contributed by atoms with Crippen LogP contribution in [0.15, 0.2) is 29.4 Å². The molecule has 9 heteroatoms. The van der Waals surface area contributed by atoms with E-state index in [9.17, 15) is 0 Å². The summed E-state index contributed by atoms with van der Waals surface area (Å²) in [6, 6.07) is 5.91. The van der Waals surface area contributed by atoms with Gasteiger partial charge in [0.05, 0.1) is 12.7 Å². The largest absolute Gasteiger partial charge is 0.379 e. The van der Waals surface area contributed by atoms with Crippen LogP contribution in [0.4, 0.5) is 0 Å². The average Bonchev–Trinajstić information content (AvgIpc) is 3.34. The van der Waals surface area contributed by atoms with Gasteiger partial charge in [-0.25, -0.2) is 0 Å². The molecule has 1 unspecified atom stereocenters. The van der Waals surface area contributed by atoms with E-state index in [1.807, 2.05) is 28.8 Å². The normalized spacial score (nSPS) is 16.9. The van der Waals surface area contributed by atoms with Gasteiger partial charge < -0.3 is 20.1 Å². The fourth-order valence-electron chi connectivity index (χ4n) is 3.04. The molecule has 0 radical (unpaired) electrons. The first-order chi connectivity index (χ1) is 13.4. The van der Waals surface area contributed by atoms with Crippen LogP contribution < -0.4 is 10.6 Å². The lowest BCUT2D eigenvalue weighted by Crippen LogP contribution is -2.38. The van der Waals surface area contributed by atoms with Crippen LogP contribution in [0.1, 0.15) is 32.0 Å². The molecule has 2 aromatic heterocycles. The van der Waals surface area contributed by atoms with E-state index in [0.717, 1.165) is 69.4 Å². The Morgan fingerprint density at radius 2 is 2.29 bits per heavy atom. The van der Waals surface area contributed by atoms with Crippen molar-refractivity contribution in [1.82, 2.24) is 25.2 Å². The van der Waals surface area contributed by atoms with E-state index < -0.39 is 0 Å². The summed E-state index contributed by atoms with van der Waals surface area (Å²) < 4.78 is 13.2. The number of fused-ring (bicyclic) bond motifs is 1. The van der Waals surface area contributed by atoms with Crippen molar-refractivity contribution in [3.05, 3.63) is 30.2 Å². The minimum Gasteiger partial charge on any atom is -0.379 e. The second kappa shape index (κ2) is 12.9. The summed E-state index contributed by atoms with van der Waals surface area (Å²) in [5.74, 6) is 1.77. The van der Waals surface area contributed by atoms with Crippen molar-refractivity contribution in [3.8, 4) is 0 Å². The molecule has 0 spiro atoms. The third-order valence-electron chi connectivity index (χ3n) is 4.41. The number of nitrogens with one attached hydrogen (secondary N) is 2. The molecule has 2 aromatic rings. The van der Waals surface area contributed by atoms with Gasteiger partial charge in [-0.3, -0.25) is 9.39 Å². The number of rotatable bonds is 10. The van der Waals surface area contributed by atoms with E-state index in [0.29, 0.717) is 19.3 Å². The molecule has 1 aliphatic rings. The monoisotopic (exact) mass is 502 g/mol. The molecule has 3 rings (SSSR count). The first-order valence-corrected chi connectivity index (χ1v) is 9.87. The number of hydrogen-bond acceptors (Lipinski definition) is 5. The Morgan fingerprint density at radius 1 is 1.36 bits per heavy atom. The van der Waals surface area contributed by atoms with Gasteiger partial charge in [-0.2, -0.15) is 0 Å². The van der Waals surface area contributed by atoms with Crippen LogP contribution >= 0.6 is 24.0 Å². The van der Waals surface area contributed by atoms with Gasteiger partial charge in [-0.05, 0) is 38.3 Å². The topological polar surface area (TPSA) is 85.1 Å². The molecule has 0 amide bonds. The fraction of sp³-hybridized carbons (Fsp3) is 0.632. The zero-order chi connectivity index (χ0) is 18.7. The highest BCUT2D eigenvalue weighted by atomic mass is 127. The number of nitrogens with zero attached hydrogens (tertiary/aromatic N) is 4. The zero-order valence-corrected chi connectivity index (χ0v) is 18.8. The maximum absolute atomic E-state index is 5.68. The van der Waals surface area contributed by atoms with Crippen molar-refractivity contribution in [2.24, 2.45) is 4.99 Å². The van der Waals surface area contributed by atoms with E-state index in [2.05, 4.69) is 32.7 Å². The Balaban J connectivity index is 0.00000280. The van der Waals surface area contributed by atoms with Gasteiger partial charge >= 0.3 is 0 Å². The summed E-state index contributed by atoms with van der Waals surface area (Å²) in [6.07, 6.45) is 6.23.